The molecule has 0 atom stereocenters. The van der Waals surface area contributed by atoms with E-state index < -0.39 is 0 Å². The monoisotopic (exact) mass is 190 g/mol. The summed E-state index contributed by atoms with van der Waals surface area (Å²) < 4.78 is 0.201. The van der Waals surface area contributed by atoms with Crippen LogP contribution in [0.5, 0.6) is 0 Å². The van der Waals surface area contributed by atoms with Crippen LogP contribution < -0.4 is 0 Å². The lowest BCUT2D eigenvalue weighted by molar-refractivity contribution is -0.118. The fourth-order valence-corrected chi connectivity index (χ4v) is 4.03. The third kappa shape index (κ3) is 2.71. The van der Waals surface area contributed by atoms with Gasteiger partial charge in [-0.3, -0.25) is 4.79 Å². The van der Waals surface area contributed by atoms with Crippen molar-refractivity contribution < 1.29 is 4.79 Å². The van der Waals surface area contributed by atoms with Gasteiger partial charge < -0.3 is 0 Å². The van der Waals surface area contributed by atoms with E-state index in [1.54, 1.807) is 0 Å². The second kappa shape index (κ2) is 3.85. The number of Topliss-reactive ketones (excluding diaryl/α,β-unsaturated/α-hetero) is 1. The average molecular weight is 190 g/mol. The van der Waals surface area contributed by atoms with Gasteiger partial charge >= 0.3 is 0 Å². The topological polar surface area (TPSA) is 17.1 Å². The molecule has 1 rings (SSSR count). The fourth-order valence-electron chi connectivity index (χ4n) is 1.14. The molecule has 64 valence electrons. The van der Waals surface area contributed by atoms with E-state index in [9.17, 15) is 4.79 Å². The van der Waals surface area contributed by atoms with E-state index in [4.69, 9.17) is 0 Å². The maximum atomic E-state index is 11.1. The average Bonchev–Trinajstić information content (AvgIpc) is 2.36. The minimum Gasteiger partial charge on any atom is -0.300 e. The first kappa shape index (κ1) is 9.46. The zero-order valence-electron chi connectivity index (χ0n) is 7.05. The van der Waals surface area contributed by atoms with Crippen LogP contribution in [0.4, 0.5) is 0 Å². The van der Waals surface area contributed by atoms with Gasteiger partial charge in [0.2, 0.25) is 0 Å². The molecular weight excluding hydrogens is 176 g/mol. The lowest BCUT2D eigenvalue weighted by Crippen LogP contribution is -2.16. The van der Waals surface area contributed by atoms with Crippen molar-refractivity contribution in [1.82, 2.24) is 0 Å². The summed E-state index contributed by atoms with van der Waals surface area (Å²) in [5.74, 6) is 2.81. The third-order valence-corrected chi connectivity index (χ3v) is 5.10. The Balaban J connectivity index is 2.39. The van der Waals surface area contributed by atoms with Crippen molar-refractivity contribution in [3.8, 4) is 0 Å². The lowest BCUT2D eigenvalue weighted by atomic mass is 10.2. The zero-order valence-corrected chi connectivity index (χ0v) is 8.69. The minimum absolute atomic E-state index is 0.201. The van der Waals surface area contributed by atoms with Crippen molar-refractivity contribution in [2.24, 2.45) is 0 Å². The van der Waals surface area contributed by atoms with Gasteiger partial charge in [-0.15, -0.1) is 23.5 Å². The second-order valence-electron chi connectivity index (χ2n) is 2.90. The summed E-state index contributed by atoms with van der Waals surface area (Å²) in [4.78, 5) is 11.1. The van der Waals surface area contributed by atoms with Gasteiger partial charge in [0.15, 0.2) is 0 Å². The van der Waals surface area contributed by atoms with Crippen molar-refractivity contribution >= 4 is 29.3 Å². The van der Waals surface area contributed by atoms with Crippen molar-refractivity contribution in [2.75, 3.05) is 11.5 Å². The van der Waals surface area contributed by atoms with Gasteiger partial charge in [0, 0.05) is 24.3 Å². The third-order valence-electron chi connectivity index (χ3n) is 1.81. The molecule has 0 bridgehead atoms. The molecule has 3 heteroatoms. The summed E-state index contributed by atoms with van der Waals surface area (Å²) in [6.45, 7) is 4.12. The van der Waals surface area contributed by atoms with Gasteiger partial charge in [-0.2, -0.15) is 0 Å². The molecule has 0 amide bonds. The Hall–Kier alpha value is 0.370. The predicted molar refractivity (Wildman–Crippen MR) is 53.2 cm³/mol. The molecule has 0 aromatic carbocycles. The van der Waals surface area contributed by atoms with E-state index in [1.807, 2.05) is 30.4 Å². The molecule has 0 aliphatic carbocycles. The molecule has 0 saturated carbocycles. The minimum atomic E-state index is 0.201. The number of thioether (sulfide) groups is 2. The van der Waals surface area contributed by atoms with Crippen LogP contribution in [0.25, 0.3) is 0 Å². The summed E-state index contributed by atoms with van der Waals surface area (Å²) in [5.41, 5.74) is 0. The number of hydrogen-bond acceptors (Lipinski definition) is 3. The largest absolute Gasteiger partial charge is 0.300 e. The highest BCUT2D eigenvalue weighted by molar-refractivity contribution is 8.21. The standard InChI is InChI=1S/C8H14OS2/c1-3-7(9)6-8(2)10-4-5-11-8/h3-6H2,1-2H3. The molecule has 1 saturated heterocycles. The summed E-state index contributed by atoms with van der Waals surface area (Å²) >= 11 is 3.86. The molecule has 1 heterocycles. The van der Waals surface area contributed by atoms with E-state index in [-0.39, 0.29) is 4.08 Å². The van der Waals surface area contributed by atoms with E-state index in [2.05, 4.69) is 6.92 Å². The first-order valence-electron chi connectivity index (χ1n) is 3.96. The first-order valence-corrected chi connectivity index (χ1v) is 5.93. The van der Waals surface area contributed by atoms with Gasteiger partial charge in [-0.25, -0.2) is 0 Å². The summed E-state index contributed by atoms with van der Waals surface area (Å²) in [5, 5.41) is 0. The van der Waals surface area contributed by atoms with Gasteiger partial charge in [0.1, 0.15) is 5.78 Å². The van der Waals surface area contributed by atoms with Gasteiger partial charge in [0.25, 0.3) is 0 Å². The van der Waals surface area contributed by atoms with Crippen molar-refractivity contribution in [2.45, 2.75) is 30.8 Å². The van der Waals surface area contributed by atoms with Crippen molar-refractivity contribution in [3.05, 3.63) is 0 Å². The molecule has 0 spiro atoms. The Morgan fingerprint density at radius 1 is 1.45 bits per heavy atom. The highest BCUT2D eigenvalue weighted by Gasteiger charge is 2.31. The van der Waals surface area contributed by atoms with Gasteiger partial charge in [-0.1, -0.05) is 6.92 Å². The molecule has 1 fully saturated rings. The molecule has 0 aromatic heterocycles. The fraction of sp³-hybridized carbons (Fsp3) is 0.875. The summed E-state index contributed by atoms with van der Waals surface area (Å²) in [7, 11) is 0. The van der Waals surface area contributed by atoms with E-state index in [0.717, 1.165) is 6.42 Å². The Morgan fingerprint density at radius 3 is 2.45 bits per heavy atom. The number of carbonyl (C=O) groups is 1. The van der Waals surface area contributed by atoms with Crippen LogP contribution in [0.1, 0.15) is 26.7 Å². The van der Waals surface area contributed by atoms with Gasteiger partial charge in [-0.05, 0) is 6.92 Å². The highest BCUT2D eigenvalue weighted by atomic mass is 32.2. The Labute approximate surface area is 76.7 Å². The van der Waals surface area contributed by atoms with Gasteiger partial charge in [0.05, 0.1) is 4.08 Å². The molecule has 0 N–H and O–H groups in total. The normalized spacial score (nSPS) is 22.0. The molecule has 1 aliphatic heterocycles. The van der Waals surface area contributed by atoms with Crippen molar-refractivity contribution in [3.63, 3.8) is 0 Å². The molecule has 1 aliphatic rings. The SMILES string of the molecule is CCC(=O)CC1(C)SCCS1. The van der Waals surface area contributed by atoms with E-state index in [0.29, 0.717) is 12.2 Å². The van der Waals surface area contributed by atoms with Crippen LogP contribution >= 0.6 is 23.5 Å². The maximum absolute atomic E-state index is 11.1. The predicted octanol–water partition coefficient (Wildman–Crippen LogP) is 2.55. The number of carbonyl (C=O) groups excluding carboxylic acids is 1. The molecule has 0 aromatic rings. The van der Waals surface area contributed by atoms with E-state index >= 15 is 0 Å². The smallest absolute Gasteiger partial charge is 0.134 e. The number of hydrogen-bond donors (Lipinski definition) is 0. The molecular formula is C8H14OS2. The Bertz CT molecular complexity index is 150. The second-order valence-corrected chi connectivity index (χ2v) is 6.35. The molecule has 0 radical (unpaired) electrons. The highest BCUT2D eigenvalue weighted by Crippen LogP contribution is 2.46. The number of rotatable bonds is 3. The van der Waals surface area contributed by atoms with Crippen molar-refractivity contribution in [1.29, 1.82) is 0 Å². The first-order chi connectivity index (χ1) is 5.16. The number of ketones is 1. The van der Waals surface area contributed by atoms with Crippen LogP contribution in [-0.4, -0.2) is 21.4 Å². The van der Waals surface area contributed by atoms with E-state index in [1.165, 1.54) is 11.5 Å². The maximum Gasteiger partial charge on any atom is 0.134 e. The van der Waals surface area contributed by atoms with Crippen LogP contribution in [0, 0.1) is 0 Å². The lowest BCUT2D eigenvalue weighted by Gasteiger charge is -2.19. The quantitative estimate of drug-likeness (QED) is 0.681. The zero-order chi connectivity index (χ0) is 8.32. The summed E-state index contributed by atoms with van der Waals surface area (Å²) in [6.07, 6.45) is 1.44. The Kier molecular flexibility index (Phi) is 3.31. The molecule has 11 heavy (non-hydrogen) atoms. The van der Waals surface area contributed by atoms with Crippen LogP contribution in [0.3, 0.4) is 0 Å². The molecule has 0 unspecified atom stereocenters. The molecule has 1 nitrogen and oxygen atoms in total. The summed E-state index contributed by atoms with van der Waals surface area (Å²) in [6, 6.07) is 0. The van der Waals surface area contributed by atoms with Crippen LogP contribution in [0.2, 0.25) is 0 Å². The Morgan fingerprint density at radius 2 is 2.00 bits per heavy atom. The van der Waals surface area contributed by atoms with Crippen LogP contribution in [-0.2, 0) is 4.79 Å². The van der Waals surface area contributed by atoms with Crippen LogP contribution in [0.15, 0.2) is 0 Å².